The zero-order valence-electron chi connectivity index (χ0n) is 11.9. The molecule has 0 fully saturated rings. The Morgan fingerprint density at radius 1 is 1.30 bits per heavy atom. The van der Waals surface area contributed by atoms with E-state index in [0.717, 1.165) is 30.5 Å². The molecule has 0 saturated carbocycles. The second kappa shape index (κ2) is 5.12. The zero-order valence-corrected chi connectivity index (χ0v) is 11.9. The molecule has 1 aromatic heterocycles. The van der Waals surface area contributed by atoms with Crippen molar-refractivity contribution in [1.82, 2.24) is 10.2 Å². The van der Waals surface area contributed by atoms with Gasteiger partial charge in [-0.1, -0.05) is 24.3 Å². The molecule has 1 aliphatic rings. The molecule has 1 aromatic carbocycles. The van der Waals surface area contributed by atoms with E-state index in [1.807, 2.05) is 19.9 Å². The van der Waals surface area contributed by atoms with E-state index in [0.29, 0.717) is 5.82 Å². The monoisotopic (exact) mass is 269 g/mol. The SMILES string of the molecule is Cc1[nH]nc(NC(=O)C2CCc3ccccc3C2)c1C. The van der Waals surface area contributed by atoms with Crippen molar-refractivity contribution in [2.45, 2.75) is 33.1 Å². The fourth-order valence-corrected chi connectivity index (χ4v) is 2.75. The van der Waals surface area contributed by atoms with Crippen molar-refractivity contribution in [3.05, 3.63) is 46.6 Å². The number of aromatic nitrogens is 2. The Balaban J connectivity index is 1.72. The van der Waals surface area contributed by atoms with E-state index in [1.54, 1.807) is 0 Å². The van der Waals surface area contributed by atoms with Crippen LogP contribution in [-0.2, 0) is 17.6 Å². The van der Waals surface area contributed by atoms with Crippen LogP contribution in [0, 0.1) is 19.8 Å². The third-order valence-electron chi connectivity index (χ3n) is 4.21. The summed E-state index contributed by atoms with van der Waals surface area (Å²) >= 11 is 0. The van der Waals surface area contributed by atoms with E-state index in [9.17, 15) is 4.79 Å². The maximum absolute atomic E-state index is 12.4. The molecule has 3 rings (SSSR count). The summed E-state index contributed by atoms with van der Waals surface area (Å²) < 4.78 is 0. The normalized spacial score (nSPS) is 17.6. The van der Waals surface area contributed by atoms with Crippen LogP contribution in [0.5, 0.6) is 0 Å². The molecule has 4 nitrogen and oxygen atoms in total. The molecule has 0 spiro atoms. The summed E-state index contributed by atoms with van der Waals surface area (Å²) in [5.74, 6) is 0.779. The highest BCUT2D eigenvalue weighted by molar-refractivity contribution is 5.92. The minimum Gasteiger partial charge on any atom is -0.309 e. The molecule has 1 aliphatic carbocycles. The topological polar surface area (TPSA) is 57.8 Å². The molecule has 0 saturated heterocycles. The van der Waals surface area contributed by atoms with Gasteiger partial charge in [0.1, 0.15) is 0 Å². The Morgan fingerprint density at radius 3 is 2.75 bits per heavy atom. The van der Waals surface area contributed by atoms with E-state index < -0.39 is 0 Å². The Bertz CT molecular complexity index is 645. The number of fused-ring (bicyclic) bond motifs is 1. The van der Waals surface area contributed by atoms with E-state index >= 15 is 0 Å². The molecule has 2 aromatic rings. The molecule has 1 heterocycles. The number of aromatic amines is 1. The minimum absolute atomic E-state index is 0.0429. The van der Waals surface area contributed by atoms with Crippen molar-refractivity contribution in [1.29, 1.82) is 0 Å². The molecule has 20 heavy (non-hydrogen) atoms. The van der Waals surface area contributed by atoms with Gasteiger partial charge < -0.3 is 5.32 Å². The smallest absolute Gasteiger partial charge is 0.229 e. The lowest BCUT2D eigenvalue weighted by Crippen LogP contribution is -2.28. The van der Waals surface area contributed by atoms with E-state index in [2.05, 4.69) is 33.7 Å². The van der Waals surface area contributed by atoms with E-state index in [1.165, 1.54) is 11.1 Å². The molecule has 0 radical (unpaired) electrons. The summed E-state index contributed by atoms with van der Waals surface area (Å²) in [5, 5.41) is 9.98. The van der Waals surface area contributed by atoms with Crippen LogP contribution in [0.2, 0.25) is 0 Å². The number of anilines is 1. The van der Waals surface area contributed by atoms with Crippen molar-refractivity contribution >= 4 is 11.7 Å². The standard InChI is InChI=1S/C16H19N3O/c1-10-11(2)18-19-15(10)17-16(20)14-8-7-12-5-3-4-6-13(12)9-14/h3-6,14H,7-9H2,1-2H3,(H2,17,18,19,20). The van der Waals surface area contributed by atoms with Gasteiger partial charge in [0.2, 0.25) is 5.91 Å². The maximum Gasteiger partial charge on any atom is 0.229 e. The highest BCUT2D eigenvalue weighted by atomic mass is 16.2. The van der Waals surface area contributed by atoms with Crippen molar-refractivity contribution in [2.24, 2.45) is 5.92 Å². The number of hydrogen-bond donors (Lipinski definition) is 2. The number of hydrogen-bond acceptors (Lipinski definition) is 2. The van der Waals surface area contributed by atoms with Crippen LogP contribution < -0.4 is 5.32 Å². The summed E-state index contributed by atoms with van der Waals surface area (Å²) in [6, 6.07) is 8.39. The summed E-state index contributed by atoms with van der Waals surface area (Å²) in [4.78, 5) is 12.4. The lowest BCUT2D eigenvalue weighted by Gasteiger charge is -2.23. The van der Waals surface area contributed by atoms with Gasteiger partial charge in [-0.25, -0.2) is 0 Å². The molecule has 0 bridgehead atoms. The first-order valence-corrected chi connectivity index (χ1v) is 7.04. The molecule has 1 unspecified atom stereocenters. The average molecular weight is 269 g/mol. The number of benzene rings is 1. The third-order valence-corrected chi connectivity index (χ3v) is 4.21. The Morgan fingerprint density at radius 2 is 2.05 bits per heavy atom. The Hall–Kier alpha value is -2.10. The zero-order chi connectivity index (χ0) is 14.1. The highest BCUT2D eigenvalue weighted by Crippen LogP contribution is 2.26. The molecule has 1 amide bonds. The molecule has 0 aliphatic heterocycles. The number of nitrogens with zero attached hydrogens (tertiary/aromatic N) is 1. The second-order valence-electron chi connectivity index (χ2n) is 5.52. The van der Waals surface area contributed by atoms with Gasteiger partial charge in [-0.15, -0.1) is 0 Å². The van der Waals surface area contributed by atoms with Gasteiger partial charge in [-0.05, 0) is 44.2 Å². The van der Waals surface area contributed by atoms with Crippen molar-refractivity contribution in [3.8, 4) is 0 Å². The van der Waals surface area contributed by atoms with Gasteiger partial charge in [-0.3, -0.25) is 9.89 Å². The molecule has 104 valence electrons. The number of nitrogens with one attached hydrogen (secondary N) is 2. The second-order valence-corrected chi connectivity index (χ2v) is 5.52. The number of carbonyl (C=O) groups excluding carboxylic acids is 1. The summed E-state index contributed by atoms with van der Waals surface area (Å²) in [6.07, 6.45) is 2.71. The van der Waals surface area contributed by atoms with Crippen molar-refractivity contribution in [3.63, 3.8) is 0 Å². The van der Waals surface area contributed by atoms with Crippen LogP contribution in [-0.4, -0.2) is 16.1 Å². The van der Waals surface area contributed by atoms with Gasteiger partial charge in [-0.2, -0.15) is 5.10 Å². The molecular formula is C16H19N3O. The highest BCUT2D eigenvalue weighted by Gasteiger charge is 2.25. The lowest BCUT2D eigenvalue weighted by atomic mass is 9.83. The van der Waals surface area contributed by atoms with Crippen LogP contribution in [0.3, 0.4) is 0 Å². The number of carbonyl (C=O) groups is 1. The van der Waals surface area contributed by atoms with Crippen molar-refractivity contribution in [2.75, 3.05) is 5.32 Å². The van der Waals surface area contributed by atoms with Crippen molar-refractivity contribution < 1.29 is 4.79 Å². The van der Waals surface area contributed by atoms with Crippen LogP contribution in [0.4, 0.5) is 5.82 Å². The molecule has 2 N–H and O–H groups in total. The van der Waals surface area contributed by atoms with E-state index in [-0.39, 0.29) is 11.8 Å². The summed E-state index contributed by atoms with van der Waals surface area (Å²) in [5.41, 5.74) is 4.68. The number of rotatable bonds is 2. The minimum atomic E-state index is 0.0429. The van der Waals surface area contributed by atoms with Gasteiger partial charge in [0.05, 0.1) is 0 Å². The first-order valence-electron chi connectivity index (χ1n) is 7.04. The predicted molar refractivity (Wildman–Crippen MR) is 78.6 cm³/mol. The number of amides is 1. The van der Waals surface area contributed by atoms with Gasteiger partial charge in [0.25, 0.3) is 0 Å². The Kier molecular flexibility index (Phi) is 3.30. The molecule has 4 heteroatoms. The fourth-order valence-electron chi connectivity index (χ4n) is 2.75. The summed E-state index contributed by atoms with van der Waals surface area (Å²) in [7, 11) is 0. The van der Waals surface area contributed by atoms with Crippen LogP contribution >= 0.6 is 0 Å². The lowest BCUT2D eigenvalue weighted by molar-refractivity contribution is -0.120. The van der Waals surface area contributed by atoms with Crippen LogP contribution in [0.25, 0.3) is 0 Å². The van der Waals surface area contributed by atoms with E-state index in [4.69, 9.17) is 0 Å². The first-order chi connectivity index (χ1) is 9.65. The maximum atomic E-state index is 12.4. The van der Waals surface area contributed by atoms with Crippen LogP contribution in [0.1, 0.15) is 28.8 Å². The largest absolute Gasteiger partial charge is 0.309 e. The van der Waals surface area contributed by atoms with Gasteiger partial charge in [0, 0.05) is 17.2 Å². The fraction of sp³-hybridized carbons (Fsp3) is 0.375. The molecule has 1 atom stereocenters. The third kappa shape index (κ3) is 2.33. The van der Waals surface area contributed by atoms with Gasteiger partial charge in [0.15, 0.2) is 5.82 Å². The number of aryl methyl sites for hydroxylation is 2. The number of H-pyrrole nitrogens is 1. The Labute approximate surface area is 118 Å². The van der Waals surface area contributed by atoms with Gasteiger partial charge >= 0.3 is 0 Å². The average Bonchev–Trinajstić information content (AvgIpc) is 2.78. The summed E-state index contributed by atoms with van der Waals surface area (Å²) in [6.45, 7) is 3.92. The quantitative estimate of drug-likeness (QED) is 0.880. The molecular weight excluding hydrogens is 250 g/mol. The first kappa shape index (κ1) is 12.9. The predicted octanol–water partition coefficient (Wildman–Crippen LogP) is 2.77. The van der Waals surface area contributed by atoms with Crippen LogP contribution in [0.15, 0.2) is 24.3 Å².